The van der Waals surface area contributed by atoms with E-state index in [0.29, 0.717) is 5.82 Å². The standard InChI is InChI=1S/C22H18N4/c1-15-9-10-18-19(23-16(2)24-20(18)13-15)11-12-22-25-21(14-26(22)3)17-7-5-4-6-8-17/h4-10,13-14H,1-3H3. The molecule has 0 aliphatic rings. The van der Waals surface area contributed by atoms with E-state index in [4.69, 9.17) is 0 Å². The molecule has 0 N–H and O–H groups in total. The van der Waals surface area contributed by atoms with Crippen LogP contribution in [0.3, 0.4) is 0 Å². The number of aromatic nitrogens is 4. The van der Waals surface area contributed by atoms with Crippen LogP contribution in [0.4, 0.5) is 0 Å². The Morgan fingerprint density at radius 3 is 2.50 bits per heavy atom. The van der Waals surface area contributed by atoms with Crippen molar-refractivity contribution in [3.8, 4) is 23.1 Å². The molecule has 0 aliphatic heterocycles. The Balaban J connectivity index is 1.77. The molecule has 0 amide bonds. The summed E-state index contributed by atoms with van der Waals surface area (Å²) in [6.45, 7) is 3.95. The van der Waals surface area contributed by atoms with Crippen molar-refractivity contribution in [3.63, 3.8) is 0 Å². The lowest BCUT2D eigenvalue weighted by molar-refractivity contribution is 0.893. The van der Waals surface area contributed by atoms with Crippen LogP contribution in [0.2, 0.25) is 0 Å². The van der Waals surface area contributed by atoms with Crippen LogP contribution in [0.15, 0.2) is 54.7 Å². The van der Waals surface area contributed by atoms with Crippen molar-refractivity contribution in [1.29, 1.82) is 0 Å². The summed E-state index contributed by atoms with van der Waals surface area (Å²) in [6, 6.07) is 16.2. The largest absolute Gasteiger partial charge is 0.327 e. The molecule has 2 heterocycles. The Hall–Kier alpha value is -3.45. The van der Waals surface area contributed by atoms with E-state index >= 15 is 0 Å². The Morgan fingerprint density at radius 2 is 1.69 bits per heavy atom. The minimum absolute atomic E-state index is 0.709. The van der Waals surface area contributed by atoms with Crippen LogP contribution in [-0.2, 0) is 7.05 Å². The van der Waals surface area contributed by atoms with Gasteiger partial charge in [0.1, 0.15) is 11.5 Å². The van der Waals surface area contributed by atoms with Crippen molar-refractivity contribution in [3.05, 3.63) is 77.6 Å². The van der Waals surface area contributed by atoms with Crippen LogP contribution in [0.25, 0.3) is 22.2 Å². The third-order valence-electron chi connectivity index (χ3n) is 4.20. The molecule has 0 fully saturated rings. The number of nitrogens with zero attached hydrogens (tertiary/aromatic N) is 4. The Bertz CT molecular complexity index is 1160. The first-order valence-electron chi connectivity index (χ1n) is 8.46. The summed E-state index contributed by atoms with van der Waals surface area (Å²) >= 11 is 0. The fraction of sp³-hybridized carbons (Fsp3) is 0.136. The summed E-state index contributed by atoms with van der Waals surface area (Å²) in [6.07, 6.45) is 1.99. The second-order valence-electron chi connectivity index (χ2n) is 6.32. The Labute approximate surface area is 152 Å². The highest BCUT2D eigenvalue weighted by atomic mass is 15.0. The molecule has 0 radical (unpaired) electrons. The summed E-state index contributed by atoms with van der Waals surface area (Å²) in [4.78, 5) is 13.7. The van der Waals surface area contributed by atoms with Gasteiger partial charge in [-0.05, 0) is 43.4 Å². The molecule has 0 unspecified atom stereocenters. The normalized spacial score (nSPS) is 10.6. The molecule has 126 valence electrons. The van der Waals surface area contributed by atoms with Gasteiger partial charge >= 0.3 is 0 Å². The van der Waals surface area contributed by atoms with Crippen molar-refractivity contribution in [2.45, 2.75) is 13.8 Å². The van der Waals surface area contributed by atoms with Crippen LogP contribution < -0.4 is 0 Å². The van der Waals surface area contributed by atoms with E-state index in [1.165, 1.54) is 5.56 Å². The van der Waals surface area contributed by atoms with Crippen molar-refractivity contribution < 1.29 is 0 Å². The number of fused-ring (bicyclic) bond motifs is 1. The second kappa shape index (κ2) is 6.45. The molecular formula is C22H18N4. The van der Waals surface area contributed by atoms with E-state index in [1.807, 2.05) is 61.1 Å². The van der Waals surface area contributed by atoms with Crippen LogP contribution in [0.5, 0.6) is 0 Å². The van der Waals surface area contributed by atoms with E-state index < -0.39 is 0 Å². The number of hydrogen-bond donors (Lipinski definition) is 0. The van der Waals surface area contributed by atoms with Gasteiger partial charge in [-0.15, -0.1) is 0 Å². The van der Waals surface area contributed by atoms with Crippen LogP contribution in [-0.4, -0.2) is 19.5 Å². The van der Waals surface area contributed by atoms with E-state index in [9.17, 15) is 0 Å². The maximum atomic E-state index is 4.66. The van der Waals surface area contributed by atoms with Crippen molar-refractivity contribution in [2.24, 2.45) is 7.05 Å². The summed E-state index contributed by atoms with van der Waals surface area (Å²) in [5, 5.41) is 0.964. The molecule has 4 nitrogen and oxygen atoms in total. The molecular weight excluding hydrogens is 320 g/mol. The van der Waals surface area contributed by atoms with Gasteiger partial charge in [0.05, 0.1) is 11.2 Å². The number of aryl methyl sites for hydroxylation is 3. The summed E-state index contributed by atoms with van der Waals surface area (Å²) < 4.78 is 1.94. The first kappa shape index (κ1) is 16.0. The molecule has 4 aromatic rings. The van der Waals surface area contributed by atoms with Gasteiger partial charge in [0, 0.05) is 24.2 Å². The predicted octanol–water partition coefficient (Wildman–Crippen LogP) is 4.05. The van der Waals surface area contributed by atoms with E-state index in [2.05, 4.69) is 45.8 Å². The van der Waals surface area contributed by atoms with Gasteiger partial charge in [0.15, 0.2) is 5.82 Å². The van der Waals surface area contributed by atoms with Gasteiger partial charge in [0.2, 0.25) is 0 Å². The maximum Gasteiger partial charge on any atom is 0.186 e. The lowest BCUT2D eigenvalue weighted by Crippen LogP contribution is -1.95. The lowest BCUT2D eigenvalue weighted by atomic mass is 10.1. The van der Waals surface area contributed by atoms with Crippen LogP contribution in [0.1, 0.15) is 22.9 Å². The number of benzene rings is 2. The zero-order chi connectivity index (χ0) is 18.1. The predicted molar refractivity (Wildman–Crippen MR) is 104 cm³/mol. The smallest absolute Gasteiger partial charge is 0.186 e. The second-order valence-corrected chi connectivity index (χ2v) is 6.32. The summed E-state index contributed by atoms with van der Waals surface area (Å²) in [5.41, 5.74) is 4.82. The maximum absolute atomic E-state index is 4.66. The summed E-state index contributed by atoms with van der Waals surface area (Å²) in [5.74, 6) is 7.78. The average Bonchev–Trinajstić information content (AvgIpc) is 3.00. The highest BCUT2D eigenvalue weighted by Crippen LogP contribution is 2.19. The van der Waals surface area contributed by atoms with E-state index in [1.54, 1.807) is 0 Å². The molecule has 4 heteroatoms. The molecule has 26 heavy (non-hydrogen) atoms. The van der Waals surface area contributed by atoms with Crippen molar-refractivity contribution in [2.75, 3.05) is 0 Å². The highest BCUT2D eigenvalue weighted by molar-refractivity contribution is 5.84. The van der Waals surface area contributed by atoms with Gasteiger partial charge in [-0.25, -0.2) is 15.0 Å². The SMILES string of the molecule is Cc1ccc2c(C#Cc3nc(-c4ccccc4)cn3C)nc(C)nc2c1. The Kier molecular flexibility index (Phi) is 3.98. The fourth-order valence-corrected chi connectivity index (χ4v) is 2.90. The van der Waals surface area contributed by atoms with Crippen LogP contribution in [0, 0.1) is 25.7 Å². The molecule has 4 rings (SSSR count). The van der Waals surface area contributed by atoms with Crippen molar-refractivity contribution in [1.82, 2.24) is 19.5 Å². The van der Waals surface area contributed by atoms with Gasteiger partial charge < -0.3 is 4.57 Å². The molecule has 0 atom stereocenters. The first-order chi connectivity index (χ1) is 12.6. The quantitative estimate of drug-likeness (QED) is 0.492. The number of imidazole rings is 1. The molecule has 0 bridgehead atoms. The molecule has 0 saturated carbocycles. The molecule has 0 spiro atoms. The highest BCUT2D eigenvalue weighted by Gasteiger charge is 2.06. The molecule has 0 saturated heterocycles. The van der Waals surface area contributed by atoms with Gasteiger partial charge in [-0.1, -0.05) is 36.4 Å². The average molecular weight is 338 g/mol. The van der Waals surface area contributed by atoms with E-state index in [-0.39, 0.29) is 0 Å². The van der Waals surface area contributed by atoms with E-state index in [0.717, 1.165) is 33.7 Å². The van der Waals surface area contributed by atoms with Gasteiger partial charge in [0.25, 0.3) is 0 Å². The number of rotatable bonds is 1. The zero-order valence-electron chi connectivity index (χ0n) is 15.0. The van der Waals surface area contributed by atoms with Crippen molar-refractivity contribution >= 4 is 10.9 Å². The molecule has 0 aliphatic carbocycles. The first-order valence-corrected chi connectivity index (χ1v) is 8.46. The zero-order valence-corrected chi connectivity index (χ0v) is 15.0. The minimum Gasteiger partial charge on any atom is -0.327 e. The minimum atomic E-state index is 0.709. The Morgan fingerprint density at radius 1 is 0.885 bits per heavy atom. The third-order valence-corrected chi connectivity index (χ3v) is 4.20. The third kappa shape index (κ3) is 3.07. The van der Waals surface area contributed by atoms with Gasteiger partial charge in [-0.2, -0.15) is 0 Å². The summed E-state index contributed by atoms with van der Waals surface area (Å²) in [7, 11) is 1.95. The lowest BCUT2D eigenvalue weighted by Gasteiger charge is -2.02. The fourth-order valence-electron chi connectivity index (χ4n) is 2.90. The molecule has 2 aromatic heterocycles. The topological polar surface area (TPSA) is 43.6 Å². The van der Waals surface area contributed by atoms with Gasteiger partial charge in [-0.3, -0.25) is 0 Å². The monoisotopic (exact) mass is 338 g/mol. The molecule has 2 aromatic carbocycles. The number of hydrogen-bond acceptors (Lipinski definition) is 3. The van der Waals surface area contributed by atoms with Crippen LogP contribution >= 0.6 is 0 Å².